The Kier molecular flexibility index (Phi) is 8.41. The quantitative estimate of drug-likeness (QED) is 0.292. The SMILES string of the molecule is O[C@@]1(c2ccccc2)O[C@H](COCc2ccccc2)[C@@H](OCc2ccccc2)[C@H]1OCc1ccccc1. The van der Waals surface area contributed by atoms with Gasteiger partial charge in [-0.3, -0.25) is 0 Å². The van der Waals surface area contributed by atoms with E-state index in [2.05, 4.69) is 0 Å². The molecule has 5 rings (SSSR count). The third-order valence-corrected chi connectivity index (χ3v) is 6.52. The summed E-state index contributed by atoms with van der Waals surface area (Å²) in [6.45, 7) is 1.35. The summed E-state index contributed by atoms with van der Waals surface area (Å²) in [5.74, 6) is -1.70. The monoisotopic (exact) mass is 496 g/mol. The van der Waals surface area contributed by atoms with Crippen molar-refractivity contribution in [1.29, 1.82) is 0 Å². The van der Waals surface area contributed by atoms with Crippen LogP contribution in [-0.4, -0.2) is 30.0 Å². The minimum Gasteiger partial charge on any atom is -0.374 e. The molecule has 0 radical (unpaired) electrons. The molecule has 1 aliphatic heterocycles. The minimum absolute atomic E-state index is 0.245. The van der Waals surface area contributed by atoms with Gasteiger partial charge in [-0.25, -0.2) is 0 Å². The molecule has 4 atom stereocenters. The predicted octanol–water partition coefficient (Wildman–Crippen LogP) is 5.62. The first-order valence-corrected chi connectivity index (χ1v) is 12.6. The van der Waals surface area contributed by atoms with Crippen LogP contribution in [0.3, 0.4) is 0 Å². The van der Waals surface area contributed by atoms with Gasteiger partial charge in [0.1, 0.15) is 18.3 Å². The average Bonchev–Trinajstić information content (AvgIpc) is 3.24. The second-order valence-electron chi connectivity index (χ2n) is 9.20. The first-order valence-electron chi connectivity index (χ1n) is 12.6. The lowest BCUT2D eigenvalue weighted by Crippen LogP contribution is -2.44. The summed E-state index contributed by atoms with van der Waals surface area (Å²) >= 11 is 0. The highest BCUT2D eigenvalue weighted by Gasteiger charge is 2.57. The van der Waals surface area contributed by atoms with E-state index in [1.807, 2.05) is 121 Å². The Morgan fingerprint density at radius 3 is 1.59 bits per heavy atom. The largest absolute Gasteiger partial charge is 0.374 e. The van der Waals surface area contributed by atoms with Gasteiger partial charge in [0, 0.05) is 5.56 Å². The zero-order valence-electron chi connectivity index (χ0n) is 20.7. The normalized spacial score (nSPS) is 23.2. The maximum Gasteiger partial charge on any atom is 0.222 e. The molecule has 5 nitrogen and oxygen atoms in total. The molecule has 5 heteroatoms. The summed E-state index contributed by atoms with van der Waals surface area (Å²) in [6.07, 6.45) is -1.88. The molecule has 1 saturated heterocycles. The van der Waals surface area contributed by atoms with Crippen LogP contribution in [0.4, 0.5) is 0 Å². The molecule has 190 valence electrons. The molecule has 1 N–H and O–H groups in total. The van der Waals surface area contributed by atoms with Crippen molar-refractivity contribution in [2.24, 2.45) is 0 Å². The standard InChI is InChI=1S/C32H32O5/c33-32(28-19-11-4-12-20-28)31(36-23-27-17-9-3-10-18-27)30(35-22-26-15-7-2-8-16-26)29(37-32)24-34-21-25-13-5-1-6-14-25/h1-20,29-31,33H,21-24H2/t29-,30-,31-,32+/m1/s1. The van der Waals surface area contributed by atoms with Crippen molar-refractivity contribution in [2.75, 3.05) is 6.61 Å². The van der Waals surface area contributed by atoms with E-state index in [1.165, 1.54) is 0 Å². The van der Waals surface area contributed by atoms with E-state index in [0.29, 0.717) is 25.4 Å². The maximum absolute atomic E-state index is 12.0. The van der Waals surface area contributed by atoms with Crippen molar-refractivity contribution in [3.63, 3.8) is 0 Å². The van der Waals surface area contributed by atoms with Crippen LogP contribution < -0.4 is 0 Å². The van der Waals surface area contributed by atoms with Gasteiger partial charge in [-0.15, -0.1) is 0 Å². The number of ether oxygens (including phenoxy) is 4. The zero-order chi connectivity index (χ0) is 25.3. The second kappa shape index (κ2) is 12.3. The highest BCUT2D eigenvalue weighted by atomic mass is 16.7. The Hall–Kier alpha value is -3.32. The molecule has 37 heavy (non-hydrogen) atoms. The first-order chi connectivity index (χ1) is 18.2. The van der Waals surface area contributed by atoms with Crippen LogP contribution in [-0.2, 0) is 44.6 Å². The van der Waals surface area contributed by atoms with Crippen molar-refractivity contribution in [1.82, 2.24) is 0 Å². The third kappa shape index (κ3) is 6.34. The smallest absolute Gasteiger partial charge is 0.222 e. The van der Waals surface area contributed by atoms with Crippen LogP contribution in [0.2, 0.25) is 0 Å². The molecule has 0 amide bonds. The van der Waals surface area contributed by atoms with Crippen LogP contribution in [0.15, 0.2) is 121 Å². The fourth-order valence-corrected chi connectivity index (χ4v) is 4.62. The van der Waals surface area contributed by atoms with Gasteiger partial charge in [-0.1, -0.05) is 121 Å². The number of hydrogen-bond donors (Lipinski definition) is 1. The maximum atomic E-state index is 12.0. The van der Waals surface area contributed by atoms with Gasteiger partial charge in [0.25, 0.3) is 0 Å². The Morgan fingerprint density at radius 1 is 0.595 bits per heavy atom. The molecule has 1 aliphatic rings. The molecule has 0 spiro atoms. The van der Waals surface area contributed by atoms with Crippen molar-refractivity contribution in [2.45, 2.75) is 43.9 Å². The molecule has 0 aliphatic carbocycles. The van der Waals surface area contributed by atoms with Gasteiger partial charge in [0.05, 0.1) is 26.4 Å². The number of rotatable bonds is 11. The summed E-state index contributed by atoms with van der Waals surface area (Å²) in [7, 11) is 0. The lowest BCUT2D eigenvalue weighted by molar-refractivity contribution is -0.253. The number of aliphatic hydroxyl groups is 1. The van der Waals surface area contributed by atoms with Crippen molar-refractivity contribution in [3.8, 4) is 0 Å². The van der Waals surface area contributed by atoms with Gasteiger partial charge in [0.2, 0.25) is 5.79 Å². The van der Waals surface area contributed by atoms with Gasteiger partial charge < -0.3 is 24.1 Å². The summed E-state index contributed by atoms with van der Waals surface area (Å²) in [5.41, 5.74) is 3.72. The van der Waals surface area contributed by atoms with Crippen molar-refractivity contribution in [3.05, 3.63) is 144 Å². The summed E-state index contributed by atoms with van der Waals surface area (Å²) in [5, 5.41) is 12.0. The van der Waals surface area contributed by atoms with Crippen LogP contribution in [0, 0.1) is 0 Å². The number of benzene rings is 4. The topological polar surface area (TPSA) is 57.2 Å². The van der Waals surface area contributed by atoms with E-state index in [0.717, 1.165) is 16.7 Å². The van der Waals surface area contributed by atoms with Gasteiger partial charge >= 0.3 is 0 Å². The van der Waals surface area contributed by atoms with Crippen molar-refractivity contribution >= 4 is 0 Å². The lowest BCUT2D eigenvalue weighted by Gasteiger charge is -2.31. The van der Waals surface area contributed by atoms with Crippen LogP contribution in [0.1, 0.15) is 22.3 Å². The summed E-state index contributed by atoms with van der Waals surface area (Å²) < 4.78 is 25.2. The van der Waals surface area contributed by atoms with Crippen molar-refractivity contribution < 1.29 is 24.1 Å². The molecule has 4 aromatic carbocycles. The molecular formula is C32H32O5. The molecule has 0 unspecified atom stereocenters. The molecule has 1 heterocycles. The highest BCUT2D eigenvalue weighted by Crippen LogP contribution is 2.42. The molecule has 1 fully saturated rings. The Morgan fingerprint density at radius 2 is 1.05 bits per heavy atom. The molecule has 0 aromatic heterocycles. The first kappa shape index (κ1) is 25.3. The molecule has 0 saturated carbocycles. The Bertz CT molecular complexity index is 1200. The van der Waals surface area contributed by atoms with E-state index in [1.54, 1.807) is 0 Å². The van der Waals surface area contributed by atoms with Gasteiger partial charge in [-0.05, 0) is 16.7 Å². The molecule has 4 aromatic rings. The predicted molar refractivity (Wildman–Crippen MR) is 141 cm³/mol. The fraction of sp³-hybridized carbons (Fsp3) is 0.250. The van der Waals surface area contributed by atoms with E-state index >= 15 is 0 Å². The molecule has 0 bridgehead atoms. The van der Waals surface area contributed by atoms with E-state index < -0.39 is 24.1 Å². The van der Waals surface area contributed by atoms with E-state index in [4.69, 9.17) is 18.9 Å². The summed E-state index contributed by atoms with van der Waals surface area (Å²) in [4.78, 5) is 0. The van der Waals surface area contributed by atoms with E-state index in [-0.39, 0.29) is 6.61 Å². The second-order valence-corrected chi connectivity index (χ2v) is 9.20. The van der Waals surface area contributed by atoms with Gasteiger partial charge in [-0.2, -0.15) is 0 Å². The third-order valence-electron chi connectivity index (χ3n) is 6.52. The fourth-order valence-electron chi connectivity index (χ4n) is 4.62. The minimum atomic E-state index is -1.70. The van der Waals surface area contributed by atoms with Crippen LogP contribution in [0.5, 0.6) is 0 Å². The Balaban J connectivity index is 1.40. The Labute approximate surface area is 218 Å². The lowest BCUT2D eigenvalue weighted by atomic mass is 9.97. The van der Waals surface area contributed by atoms with Crippen LogP contribution in [0.25, 0.3) is 0 Å². The van der Waals surface area contributed by atoms with E-state index in [9.17, 15) is 5.11 Å². The zero-order valence-corrected chi connectivity index (χ0v) is 20.7. The highest BCUT2D eigenvalue weighted by molar-refractivity contribution is 5.25. The van der Waals surface area contributed by atoms with Gasteiger partial charge in [0.15, 0.2) is 0 Å². The average molecular weight is 497 g/mol. The van der Waals surface area contributed by atoms with Crippen LogP contribution >= 0.6 is 0 Å². The summed E-state index contributed by atoms with van der Waals surface area (Å²) in [6, 6.07) is 39.2. The number of hydrogen-bond acceptors (Lipinski definition) is 5. The molecular weight excluding hydrogens is 464 g/mol.